The van der Waals surface area contributed by atoms with Gasteiger partial charge < -0.3 is 11.2 Å². The van der Waals surface area contributed by atoms with Crippen LogP contribution in [0.4, 0.5) is 0 Å². The van der Waals surface area contributed by atoms with Crippen molar-refractivity contribution in [3.8, 4) is 5.75 Å². The standard InChI is InChI=1S/C33H51O.Rb/c1-23-9-11-27(12-10-23)19-28-13-15-29(16-14-28)20-31-22-30-17-18-32(21-26-7-5-4-6-8-26)34-33(30)25(3)24(31)2;/h4,22-23,26-29,32H,5-21H2,1-3H3;/q-1;+1. The van der Waals surface area contributed by atoms with Gasteiger partial charge in [0.2, 0.25) is 0 Å². The van der Waals surface area contributed by atoms with Crippen molar-refractivity contribution in [2.75, 3.05) is 0 Å². The van der Waals surface area contributed by atoms with Gasteiger partial charge in [0.15, 0.2) is 0 Å². The fraction of sp³-hybridized carbons (Fsp3) is 0.788. The van der Waals surface area contributed by atoms with Gasteiger partial charge in [-0.25, -0.2) is 0 Å². The molecule has 35 heavy (non-hydrogen) atoms. The summed E-state index contributed by atoms with van der Waals surface area (Å²) in [4.78, 5) is 0. The summed E-state index contributed by atoms with van der Waals surface area (Å²) in [6, 6.07) is 2.55. The van der Waals surface area contributed by atoms with Crippen LogP contribution in [0.5, 0.6) is 5.75 Å². The summed E-state index contributed by atoms with van der Waals surface area (Å²) >= 11 is 0. The van der Waals surface area contributed by atoms with Gasteiger partial charge >= 0.3 is 58.2 Å². The van der Waals surface area contributed by atoms with Gasteiger partial charge in [-0.15, -0.1) is 0 Å². The molecule has 1 aromatic rings. The summed E-state index contributed by atoms with van der Waals surface area (Å²) in [6.07, 6.45) is 26.8. The van der Waals surface area contributed by atoms with E-state index < -0.39 is 0 Å². The fourth-order valence-electron chi connectivity index (χ4n) is 7.93. The first kappa shape index (κ1) is 28.8. The topological polar surface area (TPSA) is 9.23 Å². The van der Waals surface area contributed by atoms with E-state index in [-0.39, 0.29) is 58.2 Å². The van der Waals surface area contributed by atoms with E-state index in [9.17, 15) is 0 Å². The molecule has 0 spiro atoms. The molecule has 4 aliphatic rings. The van der Waals surface area contributed by atoms with Crippen molar-refractivity contribution in [3.63, 3.8) is 0 Å². The molecule has 1 aliphatic heterocycles. The molecule has 1 unspecified atom stereocenters. The van der Waals surface area contributed by atoms with Gasteiger partial charge in [0.25, 0.3) is 0 Å². The molecular formula is C33H51ORb. The van der Waals surface area contributed by atoms with Gasteiger partial charge in [-0.1, -0.05) is 64.4 Å². The zero-order valence-corrected chi connectivity index (χ0v) is 28.5. The first-order valence-corrected chi connectivity index (χ1v) is 15.2. The Hall–Kier alpha value is 0.825. The van der Waals surface area contributed by atoms with Gasteiger partial charge in [0.05, 0.1) is 6.10 Å². The van der Waals surface area contributed by atoms with Crippen LogP contribution in [0.1, 0.15) is 125 Å². The molecule has 190 valence electrons. The third-order valence-electron chi connectivity index (χ3n) is 10.5. The van der Waals surface area contributed by atoms with E-state index in [1.807, 2.05) is 0 Å². The van der Waals surface area contributed by atoms with Crippen molar-refractivity contribution in [3.05, 3.63) is 34.7 Å². The van der Waals surface area contributed by atoms with Crippen LogP contribution in [0.25, 0.3) is 0 Å². The maximum atomic E-state index is 6.67. The van der Waals surface area contributed by atoms with Crippen molar-refractivity contribution in [2.45, 2.75) is 136 Å². The second-order valence-corrected chi connectivity index (χ2v) is 13.1. The number of rotatable bonds is 6. The van der Waals surface area contributed by atoms with Crippen LogP contribution < -0.4 is 62.9 Å². The van der Waals surface area contributed by atoms with Gasteiger partial charge in [-0.05, 0) is 111 Å². The SMILES string of the molecule is Cc1c(CC2CCC(CC3CCC(C)CC3)CC2)cc2c(c1C)OC(CC1CC[CH-]CC1)CC2.[Rb+]. The molecule has 0 aromatic heterocycles. The Balaban J connectivity index is 0.00000289. The molecule has 0 radical (unpaired) electrons. The van der Waals surface area contributed by atoms with Crippen LogP contribution in [-0.4, -0.2) is 6.10 Å². The van der Waals surface area contributed by atoms with E-state index in [0.29, 0.717) is 6.10 Å². The van der Waals surface area contributed by atoms with Crippen LogP contribution >= 0.6 is 0 Å². The van der Waals surface area contributed by atoms with Crippen molar-refractivity contribution in [1.29, 1.82) is 0 Å². The van der Waals surface area contributed by atoms with Crippen LogP contribution in [0.2, 0.25) is 0 Å². The first-order valence-electron chi connectivity index (χ1n) is 15.2. The van der Waals surface area contributed by atoms with Crippen molar-refractivity contribution in [2.24, 2.45) is 29.6 Å². The van der Waals surface area contributed by atoms with Crippen molar-refractivity contribution < 1.29 is 62.9 Å². The molecule has 1 nitrogen and oxygen atoms in total. The second-order valence-electron chi connectivity index (χ2n) is 13.1. The Labute approximate surface area is 266 Å². The number of aryl methyl sites for hydroxylation is 1. The number of benzene rings is 1. The molecule has 1 aromatic carbocycles. The maximum absolute atomic E-state index is 6.67. The Morgan fingerprint density at radius 3 is 2.03 bits per heavy atom. The first-order chi connectivity index (χ1) is 16.5. The molecule has 3 aliphatic carbocycles. The largest absolute Gasteiger partial charge is 1.00 e. The van der Waals surface area contributed by atoms with E-state index in [1.54, 1.807) is 5.56 Å². The van der Waals surface area contributed by atoms with E-state index in [4.69, 9.17) is 4.74 Å². The third-order valence-corrected chi connectivity index (χ3v) is 10.5. The second kappa shape index (κ2) is 13.8. The predicted molar refractivity (Wildman–Crippen MR) is 144 cm³/mol. The number of fused-ring (bicyclic) bond motifs is 1. The zero-order chi connectivity index (χ0) is 23.5. The van der Waals surface area contributed by atoms with Crippen LogP contribution in [0.15, 0.2) is 6.07 Å². The molecule has 0 bridgehead atoms. The molecule has 3 fully saturated rings. The van der Waals surface area contributed by atoms with Crippen molar-refractivity contribution in [1.82, 2.24) is 0 Å². The Bertz CT molecular complexity index is 794. The summed E-state index contributed by atoms with van der Waals surface area (Å²) in [5.74, 6) is 6.10. The third kappa shape index (κ3) is 7.70. The van der Waals surface area contributed by atoms with Gasteiger partial charge in [-0.2, -0.15) is 12.8 Å². The normalized spacial score (nSPS) is 31.8. The monoisotopic (exact) mass is 548 g/mol. The minimum atomic E-state index is 0. The summed E-state index contributed by atoms with van der Waals surface area (Å²) in [5.41, 5.74) is 6.09. The van der Waals surface area contributed by atoms with Crippen LogP contribution in [-0.2, 0) is 12.8 Å². The number of hydrogen-bond acceptors (Lipinski definition) is 1. The van der Waals surface area contributed by atoms with E-state index in [2.05, 4.69) is 33.3 Å². The average Bonchev–Trinajstić information content (AvgIpc) is 2.86. The molecule has 3 saturated carbocycles. The quantitative estimate of drug-likeness (QED) is 0.376. The van der Waals surface area contributed by atoms with Crippen LogP contribution in [0, 0.1) is 49.9 Å². The van der Waals surface area contributed by atoms with Gasteiger partial charge in [0, 0.05) is 0 Å². The minimum Gasteiger partial charge on any atom is -0.490 e. The van der Waals surface area contributed by atoms with Crippen LogP contribution in [0.3, 0.4) is 0 Å². The molecule has 0 saturated heterocycles. The Morgan fingerprint density at radius 1 is 0.743 bits per heavy atom. The summed E-state index contributed by atoms with van der Waals surface area (Å²) in [7, 11) is 0. The molecule has 0 amide bonds. The maximum Gasteiger partial charge on any atom is 1.00 e. The van der Waals surface area contributed by atoms with E-state index >= 15 is 0 Å². The smallest absolute Gasteiger partial charge is 0.490 e. The molecule has 0 N–H and O–H groups in total. The Morgan fingerprint density at radius 2 is 1.34 bits per heavy atom. The van der Waals surface area contributed by atoms with E-state index in [0.717, 1.165) is 29.6 Å². The number of hydrogen-bond donors (Lipinski definition) is 0. The average molecular weight is 549 g/mol. The Kier molecular flexibility index (Phi) is 11.3. The number of ether oxygens (including phenoxy) is 1. The van der Waals surface area contributed by atoms with E-state index in [1.165, 1.54) is 132 Å². The summed E-state index contributed by atoms with van der Waals surface area (Å²) < 4.78 is 6.67. The molecule has 5 rings (SSSR count). The zero-order valence-electron chi connectivity index (χ0n) is 23.5. The molecular weight excluding hydrogens is 498 g/mol. The minimum absolute atomic E-state index is 0. The van der Waals surface area contributed by atoms with Gasteiger partial charge in [0.1, 0.15) is 5.75 Å². The summed E-state index contributed by atoms with van der Waals surface area (Å²) in [5, 5.41) is 0. The van der Waals surface area contributed by atoms with Gasteiger partial charge in [-0.3, -0.25) is 0 Å². The molecule has 1 atom stereocenters. The molecule has 1 heterocycles. The predicted octanol–water partition coefficient (Wildman–Crippen LogP) is 6.35. The fourth-order valence-corrected chi connectivity index (χ4v) is 7.93. The molecule has 2 heteroatoms. The van der Waals surface area contributed by atoms with Crippen molar-refractivity contribution >= 4 is 0 Å². The summed E-state index contributed by atoms with van der Waals surface area (Å²) in [6.45, 7) is 7.15.